The Kier molecular flexibility index (Phi) is 3.27. The van der Waals surface area contributed by atoms with E-state index in [4.69, 9.17) is 11.6 Å². The fourth-order valence-electron chi connectivity index (χ4n) is 1.75. The molecule has 90 valence electrons. The van der Waals surface area contributed by atoms with Crippen molar-refractivity contribution < 1.29 is 4.39 Å². The van der Waals surface area contributed by atoms with Crippen LogP contribution in [0.5, 0.6) is 0 Å². The molecule has 1 aromatic carbocycles. The van der Waals surface area contributed by atoms with Crippen LogP contribution in [0.25, 0.3) is 11.3 Å². The Hall–Kier alpha value is -0.870. The van der Waals surface area contributed by atoms with Gasteiger partial charge in [0.25, 0.3) is 0 Å². The zero-order valence-electron chi connectivity index (χ0n) is 9.68. The van der Waals surface area contributed by atoms with Gasteiger partial charge in [0.1, 0.15) is 5.82 Å². The minimum Gasteiger partial charge on any atom is -0.266 e. The summed E-state index contributed by atoms with van der Waals surface area (Å²) in [5.41, 5.74) is 2.81. The maximum atomic E-state index is 13.6. The number of aromatic nitrogens is 2. The van der Waals surface area contributed by atoms with Crippen molar-refractivity contribution in [1.29, 1.82) is 0 Å². The number of rotatable bonds is 1. The number of halogens is 3. The van der Waals surface area contributed by atoms with Crippen molar-refractivity contribution in [2.45, 2.75) is 13.8 Å². The number of nitrogens with zero attached hydrogens (tertiary/aromatic N) is 2. The zero-order chi connectivity index (χ0) is 12.7. The van der Waals surface area contributed by atoms with E-state index in [0.29, 0.717) is 16.1 Å². The Labute approximate surface area is 113 Å². The largest absolute Gasteiger partial charge is 0.266 e. The lowest BCUT2D eigenvalue weighted by atomic mass is 10.1. The van der Waals surface area contributed by atoms with E-state index >= 15 is 0 Å². The first kappa shape index (κ1) is 12.6. The monoisotopic (exact) mass is 316 g/mol. The Morgan fingerprint density at radius 1 is 1.35 bits per heavy atom. The number of hydrogen-bond donors (Lipinski definition) is 0. The van der Waals surface area contributed by atoms with Crippen LogP contribution >= 0.6 is 27.5 Å². The smallest absolute Gasteiger partial charge is 0.126 e. The van der Waals surface area contributed by atoms with Crippen molar-refractivity contribution in [3.05, 3.63) is 38.7 Å². The summed E-state index contributed by atoms with van der Waals surface area (Å²) in [7, 11) is 1.81. The van der Waals surface area contributed by atoms with Gasteiger partial charge < -0.3 is 0 Å². The molecule has 2 nitrogen and oxygen atoms in total. The second kappa shape index (κ2) is 4.42. The van der Waals surface area contributed by atoms with Gasteiger partial charge in [-0.25, -0.2) is 4.39 Å². The van der Waals surface area contributed by atoms with Crippen LogP contribution in [0.1, 0.15) is 11.3 Å². The molecular weight excluding hydrogens is 307 g/mol. The third-order valence-corrected chi connectivity index (χ3v) is 3.91. The van der Waals surface area contributed by atoms with Gasteiger partial charge in [0.15, 0.2) is 0 Å². The first-order chi connectivity index (χ1) is 7.91. The van der Waals surface area contributed by atoms with E-state index in [9.17, 15) is 4.39 Å². The van der Waals surface area contributed by atoms with Gasteiger partial charge in [-0.1, -0.05) is 11.6 Å². The van der Waals surface area contributed by atoms with Crippen LogP contribution in [-0.4, -0.2) is 9.78 Å². The van der Waals surface area contributed by atoms with Gasteiger partial charge >= 0.3 is 0 Å². The molecule has 0 saturated carbocycles. The highest BCUT2D eigenvalue weighted by atomic mass is 79.9. The second-order valence-electron chi connectivity index (χ2n) is 3.95. The minimum atomic E-state index is -0.268. The standard InChI is InChI=1S/C12H11BrClFN2/c1-6-4-9(14)8(5-10(6)15)12-11(13)7(2)16-17(12)3/h4-5H,1-3H3. The molecule has 1 aromatic heterocycles. The van der Waals surface area contributed by atoms with Gasteiger partial charge in [-0.15, -0.1) is 0 Å². The van der Waals surface area contributed by atoms with Crippen LogP contribution in [0, 0.1) is 19.7 Å². The lowest BCUT2D eigenvalue weighted by molar-refractivity contribution is 0.618. The highest BCUT2D eigenvalue weighted by Crippen LogP contribution is 2.36. The Balaban J connectivity index is 2.72. The van der Waals surface area contributed by atoms with E-state index in [1.807, 2.05) is 6.92 Å². The molecular formula is C12H11BrClFN2. The van der Waals surface area contributed by atoms with Gasteiger partial charge in [0.2, 0.25) is 0 Å². The molecule has 0 unspecified atom stereocenters. The predicted octanol–water partition coefficient (Wildman–Crippen LogP) is 4.26. The van der Waals surface area contributed by atoms with E-state index in [1.165, 1.54) is 6.07 Å². The van der Waals surface area contributed by atoms with E-state index in [0.717, 1.165) is 15.9 Å². The third kappa shape index (κ3) is 2.11. The molecule has 0 aliphatic carbocycles. The van der Waals surface area contributed by atoms with Crippen LogP contribution in [0.4, 0.5) is 4.39 Å². The average molecular weight is 318 g/mol. The quantitative estimate of drug-likeness (QED) is 0.768. The molecule has 5 heteroatoms. The Morgan fingerprint density at radius 2 is 2.00 bits per heavy atom. The van der Waals surface area contributed by atoms with Crippen molar-refractivity contribution >= 4 is 27.5 Å². The topological polar surface area (TPSA) is 17.8 Å². The van der Waals surface area contributed by atoms with Crippen molar-refractivity contribution in [2.24, 2.45) is 7.05 Å². The molecule has 0 bridgehead atoms. The Bertz CT molecular complexity index is 593. The number of benzene rings is 1. The van der Waals surface area contributed by atoms with Gasteiger partial charge in [-0.2, -0.15) is 5.10 Å². The molecule has 0 N–H and O–H groups in total. The zero-order valence-corrected chi connectivity index (χ0v) is 12.0. The summed E-state index contributed by atoms with van der Waals surface area (Å²) in [5, 5.41) is 4.79. The lowest BCUT2D eigenvalue weighted by Gasteiger charge is -2.07. The molecule has 0 atom stereocenters. The highest BCUT2D eigenvalue weighted by molar-refractivity contribution is 9.10. The summed E-state index contributed by atoms with van der Waals surface area (Å²) in [4.78, 5) is 0. The fraction of sp³-hybridized carbons (Fsp3) is 0.250. The minimum absolute atomic E-state index is 0.268. The fourth-order valence-corrected chi connectivity index (χ4v) is 2.61. The molecule has 0 fully saturated rings. The van der Waals surface area contributed by atoms with Gasteiger partial charge in [0.05, 0.1) is 20.9 Å². The van der Waals surface area contributed by atoms with E-state index in [-0.39, 0.29) is 5.82 Å². The van der Waals surface area contributed by atoms with E-state index < -0.39 is 0 Å². The van der Waals surface area contributed by atoms with Crippen molar-refractivity contribution in [3.63, 3.8) is 0 Å². The van der Waals surface area contributed by atoms with Crippen LogP contribution < -0.4 is 0 Å². The summed E-state index contributed by atoms with van der Waals surface area (Å²) in [5.74, 6) is -0.268. The maximum absolute atomic E-state index is 13.6. The maximum Gasteiger partial charge on any atom is 0.126 e. The van der Waals surface area contributed by atoms with Crippen LogP contribution in [0.15, 0.2) is 16.6 Å². The van der Waals surface area contributed by atoms with Gasteiger partial charge in [-0.05, 0) is 47.5 Å². The number of aryl methyl sites for hydroxylation is 3. The van der Waals surface area contributed by atoms with Crippen LogP contribution in [-0.2, 0) is 7.05 Å². The molecule has 0 amide bonds. The SMILES string of the molecule is Cc1cc(Cl)c(-c2c(Br)c(C)nn2C)cc1F. The summed E-state index contributed by atoms with van der Waals surface area (Å²) in [6.07, 6.45) is 0. The van der Waals surface area contributed by atoms with Crippen molar-refractivity contribution in [2.75, 3.05) is 0 Å². The summed E-state index contributed by atoms with van der Waals surface area (Å²) < 4.78 is 16.1. The number of hydrogen-bond acceptors (Lipinski definition) is 1. The molecule has 1 heterocycles. The molecule has 17 heavy (non-hydrogen) atoms. The molecule has 0 spiro atoms. The molecule has 0 aliphatic rings. The predicted molar refractivity (Wildman–Crippen MR) is 70.8 cm³/mol. The Morgan fingerprint density at radius 3 is 2.53 bits per heavy atom. The first-order valence-corrected chi connectivity index (χ1v) is 6.24. The second-order valence-corrected chi connectivity index (χ2v) is 5.15. The molecule has 0 saturated heterocycles. The average Bonchev–Trinajstić information content (AvgIpc) is 2.48. The van der Waals surface area contributed by atoms with Crippen molar-refractivity contribution in [3.8, 4) is 11.3 Å². The highest BCUT2D eigenvalue weighted by Gasteiger charge is 2.17. The van der Waals surface area contributed by atoms with Crippen molar-refractivity contribution in [1.82, 2.24) is 9.78 Å². The van der Waals surface area contributed by atoms with Crippen LogP contribution in [0.3, 0.4) is 0 Å². The van der Waals surface area contributed by atoms with Gasteiger partial charge in [-0.3, -0.25) is 4.68 Å². The summed E-state index contributed by atoms with van der Waals surface area (Å²) in [6.45, 7) is 3.57. The molecule has 2 aromatic rings. The first-order valence-electron chi connectivity index (χ1n) is 5.07. The van der Waals surface area contributed by atoms with Crippen LogP contribution in [0.2, 0.25) is 5.02 Å². The molecule has 0 radical (unpaired) electrons. The van der Waals surface area contributed by atoms with E-state index in [1.54, 1.807) is 24.7 Å². The summed E-state index contributed by atoms with van der Waals surface area (Å²) >= 11 is 9.61. The van der Waals surface area contributed by atoms with E-state index in [2.05, 4.69) is 21.0 Å². The molecule has 2 rings (SSSR count). The molecule has 0 aliphatic heterocycles. The van der Waals surface area contributed by atoms with Gasteiger partial charge in [0, 0.05) is 12.6 Å². The summed E-state index contributed by atoms with van der Waals surface area (Å²) in [6, 6.07) is 3.07. The third-order valence-electron chi connectivity index (χ3n) is 2.65. The lowest BCUT2D eigenvalue weighted by Crippen LogP contribution is -1.96. The normalized spacial score (nSPS) is 10.9.